The molecule has 0 unspecified atom stereocenters. The van der Waals surface area contributed by atoms with Gasteiger partial charge in [-0.2, -0.15) is 5.10 Å². The number of likely N-dealkylation sites (tertiary alicyclic amines) is 1. The fourth-order valence-electron chi connectivity index (χ4n) is 6.47. The van der Waals surface area contributed by atoms with Crippen molar-refractivity contribution >= 4 is 23.1 Å². The van der Waals surface area contributed by atoms with Gasteiger partial charge < -0.3 is 16.4 Å². The highest BCUT2D eigenvalue weighted by Gasteiger charge is 2.29. The lowest BCUT2D eigenvalue weighted by molar-refractivity contribution is -0.135. The summed E-state index contributed by atoms with van der Waals surface area (Å²) >= 11 is 0. The third-order valence-corrected chi connectivity index (χ3v) is 8.88. The molecule has 6 rings (SSSR count). The summed E-state index contributed by atoms with van der Waals surface area (Å²) in [5.41, 5.74) is 18.3. The largest absolute Gasteiger partial charge is 0.382 e. The molecule has 0 saturated carbocycles. The molecule has 0 bridgehead atoms. The molecule has 2 amide bonds. The van der Waals surface area contributed by atoms with E-state index in [0.29, 0.717) is 46.9 Å². The van der Waals surface area contributed by atoms with Crippen LogP contribution < -0.4 is 17.0 Å². The summed E-state index contributed by atoms with van der Waals surface area (Å²) in [6.07, 6.45) is 6.31. The van der Waals surface area contributed by atoms with Gasteiger partial charge in [0.15, 0.2) is 5.82 Å². The molecule has 4 aromatic heterocycles. The number of anilines is 1. The number of nitrogen functional groups attached to an aromatic ring is 1. The SMILES string of the molecule is Cc1c(-c2ccc(-c3cc(C4CCN(C(=O)C(C)C)CC4)n4ncnc(N)c34)cc2)c(C(N)=O)c(=O)n(-c2cccnc2)c1C. The number of nitrogens with zero attached hydrogens (tertiary/aromatic N) is 6. The van der Waals surface area contributed by atoms with Gasteiger partial charge in [-0.25, -0.2) is 9.50 Å². The molecule has 5 aromatic rings. The topological polar surface area (TPSA) is 154 Å². The highest BCUT2D eigenvalue weighted by atomic mass is 16.2. The van der Waals surface area contributed by atoms with Crippen LogP contribution in [0.4, 0.5) is 5.82 Å². The second-order valence-corrected chi connectivity index (χ2v) is 11.9. The maximum atomic E-state index is 13.7. The van der Waals surface area contributed by atoms with Crippen molar-refractivity contribution in [1.82, 2.24) is 29.0 Å². The first-order valence-corrected chi connectivity index (χ1v) is 15.1. The predicted octanol–water partition coefficient (Wildman–Crippen LogP) is 4.27. The maximum absolute atomic E-state index is 13.7. The normalized spacial score (nSPS) is 13.9. The van der Waals surface area contributed by atoms with Crippen molar-refractivity contribution < 1.29 is 9.59 Å². The number of carbonyl (C=O) groups is 2. The van der Waals surface area contributed by atoms with Crippen LogP contribution in [0.3, 0.4) is 0 Å². The van der Waals surface area contributed by atoms with Crippen LogP contribution in [-0.2, 0) is 4.79 Å². The van der Waals surface area contributed by atoms with Crippen molar-refractivity contribution in [3.8, 4) is 27.9 Å². The Bertz CT molecular complexity index is 1990. The quantitative estimate of drug-likeness (QED) is 0.293. The molecular weight excluding hydrogens is 568 g/mol. The molecule has 1 saturated heterocycles. The van der Waals surface area contributed by atoms with Gasteiger partial charge in [-0.1, -0.05) is 38.1 Å². The van der Waals surface area contributed by atoms with E-state index in [1.54, 1.807) is 24.5 Å². The first-order chi connectivity index (χ1) is 21.6. The number of pyridine rings is 2. The molecule has 1 aliphatic rings. The van der Waals surface area contributed by atoms with Crippen LogP contribution in [0.15, 0.2) is 66.0 Å². The number of amides is 2. The maximum Gasteiger partial charge on any atom is 0.268 e. The van der Waals surface area contributed by atoms with Crippen molar-refractivity contribution in [2.75, 3.05) is 18.8 Å². The molecule has 1 fully saturated rings. The molecule has 0 aliphatic carbocycles. The van der Waals surface area contributed by atoms with E-state index >= 15 is 0 Å². The minimum atomic E-state index is -0.797. The van der Waals surface area contributed by atoms with Crippen molar-refractivity contribution in [1.29, 1.82) is 0 Å². The lowest BCUT2D eigenvalue weighted by Gasteiger charge is -2.33. The van der Waals surface area contributed by atoms with Gasteiger partial charge in [-0.3, -0.25) is 23.9 Å². The molecule has 5 heterocycles. The number of fused-ring (bicyclic) bond motifs is 1. The van der Waals surface area contributed by atoms with Gasteiger partial charge in [0, 0.05) is 53.6 Å². The number of hydrogen-bond acceptors (Lipinski definition) is 7. The fraction of sp³-hybridized carbons (Fsp3) is 0.294. The monoisotopic (exact) mass is 604 g/mol. The molecule has 0 radical (unpaired) electrons. The van der Waals surface area contributed by atoms with E-state index in [0.717, 1.165) is 35.2 Å². The van der Waals surface area contributed by atoms with Gasteiger partial charge in [-0.05, 0) is 61.6 Å². The van der Waals surface area contributed by atoms with E-state index in [1.165, 1.54) is 10.9 Å². The molecule has 0 spiro atoms. The average Bonchev–Trinajstić information content (AvgIpc) is 3.44. The zero-order valence-corrected chi connectivity index (χ0v) is 25.8. The first kappa shape index (κ1) is 29.7. The number of nitrogens with two attached hydrogens (primary N) is 2. The second-order valence-electron chi connectivity index (χ2n) is 11.9. The Morgan fingerprint density at radius 2 is 1.71 bits per heavy atom. The lowest BCUT2D eigenvalue weighted by Crippen LogP contribution is -2.40. The first-order valence-electron chi connectivity index (χ1n) is 15.1. The zero-order chi connectivity index (χ0) is 32.0. The van der Waals surface area contributed by atoms with Crippen molar-refractivity contribution in [2.45, 2.75) is 46.5 Å². The lowest BCUT2D eigenvalue weighted by atomic mass is 9.91. The van der Waals surface area contributed by atoms with Gasteiger partial charge in [-0.15, -0.1) is 0 Å². The van der Waals surface area contributed by atoms with Crippen molar-refractivity contribution in [2.24, 2.45) is 11.7 Å². The number of piperidine rings is 1. The van der Waals surface area contributed by atoms with Gasteiger partial charge in [0.2, 0.25) is 5.91 Å². The van der Waals surface area contributed by atoms with E-state index in [9.17, 15) is 14.4 Å². The standard InChI is InChI=1S/C34H36N8O3/c1-19(2)33(44)40-14-11-23(12-15-40)27-16-26(30-31(35)38-18-39-42(27)30)22-7-9-24(10-8-22)28-20(3)21(4)41(25-6-5-13-37-17-25)34(45)29(28)32(36)43/h5-10,13,16-19,23H,11-12,14-15H2,1-4H3,(H2,36,43)(H2,35,38,39). The number of primary amides is 1. The van der Waals surface area contributed by atoms with E-state index < -0.39 is 11.5 Å². The number of hydrogen-bond donors (Lipinski definition) is 2. The van der Waals surface area contributed by atoms with E-state index in [4.69, 9.17) is 11.5 Å². The smallest absolute Gasteiger partial charge is 0.268 e. The summed E-state index contributed by atoms with van der Waals surface area (Å²) in [4.78, 5) is 49.3. The van der Waals surface area contributed by atoms with Gasteiger partial charge in [0.25, 0.3) is 11.5 Å². The molecule has 4 N–H and O–H groups in total. The van der Waals surface area contributed by atoms with Gasteiger partial charge >= 0.3 is 0 Å². The molecule has 11 heteroatoms. The summed E-state index contributed by atoms with van der Waals surface area (Å²) in [5.74, 6) is -0.0768. The number of carbonyl (C=O) groups excluding carboxylic acids is 2. The van der Waals surface area contributed by atoms with E-state index in [2.05, 4.69) is 21.1 Å². The summed E-state index contributed by atoms with van der Waals surface area (Å²) in [5, 5.41) is 4.56. The van der Waals surface area contributed by atoms with Crippen LogP contribution in [0, 0.1) is 19.8 Å². The molecule has 1 aliphatic heterocycles. The molecular formula is C34H36N8O3. The molecule has 0 atom stereocenters. The molecule has 1 aromatic carbocycles. The van der Waals surface area contributed by atoms with Gasteiger partial charge in [0.05, 0.1) is 11.9 Å². The van der Waals surface area contributed by atoms with Crippen LogP contribution in [0.25, 0.3) is 33.5 Å². The molecule has 45 heavy (non-hydrogen) atoms. The third-order valence-electron chi connectivity index (χ3n) is 8.88. The van der Waals surface area contributed by atoms with Crippen molar-refractivity contribution in [3.63, 3.8) is 0 Å². The summed E-state index contributed by atoms with van der Waals surface area (Å²) in [6.45, 7) is 8.97. The van der Waals surface area contributed by atoms with Crippen LogP contribution in [-0.4, -0.2) is 54.0 Å². The summed E-state index contributed by atoms with van der Waals surface area (Å²) in [7, 11) is 0. The predicted molar refractivity (Wildman–Crippen MR) is 173 cm³/mol. The number of benzene rings is 1. The minimum absolute atomic E-state index is 0.0253. The zero-order valence-electron chi connectivity index (χ0n) is 25.8. The third kappa shape index (κ3) is 5.13. The Hall–Kier alpha value is -5.32. The second kappa shape index (κ2) is 11.6. The summed E-state index contributed by atoms with van der Waals surface area (Å²) < 4.78 is 3.34. The average molecular weight is 605 g/mol. The molecule has 230 valence electrons. The Morgan fingerprint density at radius 1 is 1.02 bits per heavy atom. The number of rotatable bonds is 6. The Balaban J connectivity index is 1.40. The Labute approximate surface area is 260 Å². The highest BCUT2D eigenvalue weighted by Crippen LogP contribution is 2.38. The molecule has 11 nitrogen and oxygen atoms in total. The van der Waals surface area contributed by atoms with E-state index in [1.807, 2.05) is 61.4 Å². The van der Waals surface area contributed by atoms with Crippen LogP contribution >= 0.6 is 0 Å². The summed E-state index contributed by atoms with van der Waals surface area (Å²) in [6, 6.07) is 13.3. The van der Waals surface area contributed by atoms with Crippen LogP contribution in [0.2, 0.25) is 0 Å². The Kier molecular flexibility index (Phi) is 7.69. The van der Waals surface area contributed by atoms with Crippen LogP contribution in [0.5, 0.6) is 0 Å². The van der Waals surface area contributed by atoms with Crippen LogP contribution in [0.1, 0.15) is 59.9 Å². The minimum Gasteiger partial charge on any atom is -0.382 e. The van der Waals surface area contributed by atoms with E-state index in [-0.39, 0.29) is 23.3 Å². The Morgan fingerprint density at radius 3 is 2.33 bits per heavy atom. The van der Waals surface area contributed by atoms with Crippen molar-refractivity contribution in [3.05, 3.63) is 94.1 Å². The van der Waals surface area contributed by atoms with Gasteiger partial charge in [0.1, 0.15) is 17.4 Å². The number of aromatic nitrogens is 5. The highest BCUT2D eigenvalue weighted by molar-refractivity contribution is 6.01. The fourth-order valence-corrected chi connectivity index (χ4v) is 6.47.